The van der Waals surface area contributed by atoms with E-state index < -0.39 is 0 Å². The predicted octanol–water partition coefficient (Wildman–Crippen LogP) is 2.67. The van der Waals surface area contributed by atoms with E-state index in [9.17, 15) is 4.39 Å². The van der Waals surface area contributed by atoms with Crippen LogP contribution in [0.5, 0.6) is 0 Å². The van der Waals surface area contributed by atoms with Crippen LogP contribution in [0.15, 0.2) is 41.2 Å². The fourth-order valence-corrected chi connectivity index (χ4v) is 1.53. The molecule has 0 aliphatic heterocycles. The molecule has 0 radical (unpaired) electrons. The summed E-state index contributed by atoms with van der Waals surface area (Å²) in [6.45, 7) is 0.500. The Hall–Kier alpha value is -1.88. The Morgan fingerprint density at radius 1 is 1.41 bits per heavy atom. The number of anilines is 1. The van der Waals surface area contributed by atoms with Crippen LogP contribution in [0.3, 0.4) is 0 Å². The number of nitrogens with two attached hydrogens (primary N) is 1. The van der Waals surface area contributed by atoms with E-state index in [4.69, 9.17) is 22.4 Å². The number of benzene rings is 1. The Morgan fingerprint density at radius 2 is 2.24 bits per heavy atom. The van der Waals surface area contributed by atoms with Crippen LogP contribution in [-0.4, -0.2) is 4.99 Å². The number of furan rings is 1. The number of nitrogens with one attached hydrogen (secondary N) is 1. The number of halogens is 1. The molecule has 88 valence electrons. The smallest absolute Gasteiger partial charge is 0.146 e. The van der Waals surface area contributed by atoms with Gasteiger partial charge in [0.1, 0.15) is 10.8 Å². The molecule has 1 heterocycles. The SMILES string of the molecule is NC(=S)c1ccc(NCc2ccoc2)c(F)c1. The molecule has 0 amide bonds. The molecule has 0 bridgehead atoms. The molecular weight excluding hydrogens is 239 g/mol. The fraction of sp³-hybridized carbons (Fsp3) is 0.0833. The highest BCUT2D eigenvalue weighted by atomic mass is 32.1. The van der Waals surface area contributed by atoms with Gasteiger partial charge >= 0.3 is 0 Å². The maximum absolute atomic E-state index is 13.6. The van der Waals surface area contributed by atoms with E-state index in [2.05, 4.69) is 5.32 Å². The van der Waals surface area contributed by atoms with Gasteiger partial charge in [0, 0.05) is 17.7 Å². The minimum absolute atomic E-state index is 0.185. The third-order valence-electron chi connectivity index (χ3n) is 2.32. The van der Waals surface area contributed by atoms with E-state index in [1.165, 1.54) is 6.07 Å². The fourth-order valence-electron chi connectivity index (χ4n) is 1.40. The monoisotopic (exact) mass is 250 g/mol. The summed E-state index contributed by atoms with van der Waals surface area (Å²) in [4.78, 5) is 0.185. The molecule has 17 heavy (non-hydrogen) atoms. The van der Waals surface area contributed by atoms with Crippen LogP contribution in [0.25, 0.3) is 0 Å². The minimum atomic E-state index is -0.376. The molecule has 0 unspecified atom stereocenters. The number of thiocarbonyl (C=S) groups is 1. The van der Waals surface area contributed by atoms with E-state index in [1.54, 1.807) is 24.7 Å². The molecule has 3 N–H and O–H groups in total. The summed E-state index contributed by atoms with van der Waals surface area (Å²) in [5, 5.41) is 2.96. The summed E-state index contributed by atoms with van der Waals surface area (Å²) in [7, 11) is 0. The van der Waals surface area contributed by atoms with E-state index in [-0.39, 0.29) is 10.8 Å². The zero-order chi connectivity index (χ0) is 12.3. The zero-order valence-corrected chi connectivity index (χ0v) is 9.76. The van der Waals surface area contributed by atoms with Gasteiger partial charge in [-0.3, -0.25) is 0 Å². The lowest BCUT2D eigenvalue weighted by atomic mass is 10.2. The maximum Gasteiger partial charge on any atom is 0.146 e. The first-order valence-electron chi connectivity index (χ1n) is 5.01. The second-order valence-electron chi connectivity index (χ2n) is 3.54. The van der Waals surface area contributed by atoms with Gasteiger partial charge in [-0.2, -0.15) is 0 Å². The van der Waals surface area contributed by atoms with Crippen molar-refractivity contribution in [2.24, 2.45) is 5.73 Å². The topological polar surface area (TPSA) is 51.2 Å². The number of hydrogen-bond donors (Lipinski definition) is 2. The third kappa shape index (κ3) is 2.82. The summed E-state index contributed by atoms with van der Waals surface area (Å²) < 4.78 is 18.6. The highest BCUT2D eigenvalue weighted by molar-refractivity contribution is 7.80. The zero-order valence-electron chi connectivity index (χ0n) is 8.94. The molecule has 0 aliphatic carbocycles. The predicted molar refractivity (Wildman–Crippen MR) is 68.3 cm³/mol. The Morgan fingerprint density at radius 3 is 2.82 bits per heavy atom. The van der Waals surface area contributed by atoms with Gasteiger partial charge in [-0.15, -0.1) is 0 Å². The van der Waals surface area contributed by atoms with Crippen molar-refractivity contribution in [2.75, 3.05) is 5.32 Å². The average molecular weight is 250 g/mol. The van der Waals surface area contributed by atoms with Crippen LogP contribution in [0, 0.1) is 5.82 Å². The summed E-state index contributed by atoms with van der Waals surface area (Å²) in [5.74, 6) is -0.376. The molecule has 5 heteroatoms. The van der Waals surface area contributed by atoms with Crippen molar-refractivity contribution in [1.82, 2.24) is 0 Å². The van der Waals surface area contributed by atoms with Crippen molar-refractivity contribution in [1.29, 1.82) is 0 Å². The lowest BCUT2D eigenvalue weighted by Gasteiger charge is -2.07. The Labute approximate surface area is 103 Å². The lowest BCUT2D eigenvalue weighted by molar-refractivity contribution is 0.564. The molecule has 1 aromatic heterocycles. The molecular formula is C12H11FN2OS. The van der Waals surface area contributed by atoms with Gasteiger partial charge in [0.05, 0.1) is 18.2 Å². The van der Waals surface area contributed by atoms with Crippen molar-refractivity contribution in [3.8, 4) is 0 Å². The van der Waals surface area contributed by atoms with E-state index >= 15 is 0 Å². The second kappa shape index (κ2) is 4.97. The van der Waals surface area contributed by atoms with Gasteiger partial charge in [-0.25, -0.2) is 4.39 Å². The maximum atomic E-state index is 13.6. The molecule has 2 rings (SSSR count). The van der Waals surface area contributed by atoms with Crippen molar-refractivity contribution in [3.05, 3.63) is 53.7 Å². The summed E-state index contributed by atoms with van der Waals surface area (Å²) in [6.07, 6.45) is 3.18. The van der Waals surface area contributed by atoms with Crippen molar-refractivity contribution in [2.45, 2.75) is 6.54 Å². The van der Waals surface area contributed by atoms with Gasteiger partial charge in [0.15, 0.2) is 0 Å². The van der Waals surface area contributed by atoms with Crippen LogP contribution in [0.1, 0.15) is 11.1 Å². The first kappa shape index (κ1) is 11.6. The van der Waals surface area contributed by atoms with Crippen molar-refractivity contribution >= 4 is 22.9 Å². The number of hydrogen-bond acceptors (Lipinski definition) is 3. The van der Waals surface area contributed by atoms with Gasteiger partial charge in [-0.05, 0) is 24.3 Å². The molecule has 0 atom stereocenters. The minimum Gasteiger partial charge on any atom is -0.472 e. The molecule has 0 saturated carbocycles. The molecule has 0 saturated heterocycles. The largest absolute Gasteiger partial charge is 0.472 e. The van der Waals surface area contributed by atoms with Gasteiger partial charge < -0.3 is 15.5 Å². The summed E-state index contributed by atoms with van der Waals surface area (Å²) in [6, 6.07) is 6.43. The van der Waals surface area contributed by atoms with E-state index in [0.717, 1.165) is 5.56 Å². The van der Waals surface area contributed by atoms with Crippen LogP contribution >= 0.6 is 12.2 Å². The first-order chi connectivity index (χ1) is 8.16. The number of rotatable bonds is 4. The summed E-state index contributed by atoms with van der Waals surface area (Å²) >= 11 is 4.77. The van der Waals surface area contributed by atoms with E-state index in [0.29, 0.717) is 17.8 Å². The second-order valence-corrected chi connectivity index (χ2v) is 3.98. The Balaban J connectivity index is 2.09. The van der Waals surface area contributed by atoms with Gasteiger partial charge in [0.2, 0.25) is 0 Å². The van der Waals surface area contributed by atoms with Gasteiger partial charge in [0.25, 0.3) is 0 Å². The van der Waals surface area contributed by atoms with Crippen LogP contribution < -0.4 is 11.1 Å². The van der Waals surface area contributed by atoms with Gasteiger partial charge in [-0.1, -0.05) is 12.2 Å². The van der Waals surface area contributed by atoms with Crippen LogP contribution in [0.2, 0.25) is 0 Å². The highest BCUT2D eigenvalue weighted by Gasteiger charge is 2.05. The van der Waals surface area contributed by atoms with Crippen LogP contribution in [-0.2, 0) is 6.54 Å². The molecule has 0 aliphatic rings. The first-order valence-corrected chi connectivity index (χ1v) is 5.42. The Kier molecular flexibility index (Phi) is 3.39. The molecule has 0 spiro atoms. The van der Waals surface area contributed by atoms with Crippen molar-refractivity contribution < 1.29 is 8.81 Å². The van der Waals surface area contributed by atoms with Crippen LogP contribution in [0.4, 0.5) is 10.1 Å². The van der Waals surface area contributed by atoms with Crippen molar-refractivity contribution in [3.63, 3.8) is 0 Å². The Bertz CT molecular complexity index is 525. The average Bonchev–Trinajstić information content (AvgIpc) is 2.80. The molecule has 2 aromatic rings. The lowest BCUT2D eigenvalue weighted by Crippen LogP contribution is -2.10. The highest BCUT2D eigenvalue weighted by Crippen LogP contribution is 2.16. The molecule has 0 fully saturated rings. The van der Waals surface area contributed by atoms with E-state index in [1.807, 2.05) is 6.07 Å². The normalized spacial score (nSPS) is 10.2. The third-order valence-corrected chi connectivity index (χ3v) is 2.55. The standard InChI is InChI=1S/C12H11FN2OS/c13-10-5-9(12(14)17)1-2-11(10)15-6-8-3-4-16-7-8/h1-5,7,15H,6H2,(H2,14,17). The molecule has 1 aromatic carbocycles. The quantitative estimate of drug-likeness (QED) is 0.819. The molecule has 3 nitrogen and oxygen atoms in total. The summed E-state index contributed by atoms with van der Waals surface area (Å²) in [5.41, 5.74) is 7.29.